The van der Waals surface area contributed by atoms with Gasteiger partial charge in [-0.25, -0.2) is 5.43 Å². The van der Waals surface area contributed by atoms with Gasteiger partial charge in [0.05, 0.1) is 11.3 Å². The Morgan fingerprint density at radius 2 is 1.56 bits per heavy atom. The minimum Gasteiger partial charge on any atom is -0.507 e. The van der Waals surface area contributed by atoms with Crippen molar-refractivity contribution in [3.63, 3.8) is 0 Å². The van der Waals surface area contributed by atoms with Crippen molar-refractivity contribution in [2.24, 2.45) is 5.10 Å². The van der Waals surface area contributed by atoms with Crippen LogP contribution in [0.25, 0.3) is 10.8 Å². The number of amides is 1. The highest BCUT2D eigenvalue weighted by Gasteiger charge is 2.13. The first-order chi connectivity index (χ1) is 12.1. The number of aromatic hydroxyl groups is 2. The molecule has 25 heavy (non-hydrogen) atoms. The zero-order valence-electron chi connectivity index (χ0n) is 13.7. The molecule has 0 aliphatic rings. The maximum atomic E-state index is 12.4. The van der Waals surface area contributed by atoms with Crippen LogP contribution in [0, 0.1) is 0 Å². The van der Waals surface area contributed by atoms with Gasteiger partial charge in [0.1, 0.15) is 11.5 Å². The van der Waals surface area contributed by atoms with Gasteiger partial charge < -0.3 is 10.2 Å². The molecular formula is C20H18N2O3. The number of nitrogens with one attached hydrogen (secondary N) is 1. The molecule has 0 saturated carbocycles. The summed E-state index contributed by atoms with van der Waals surface area (Å²) in [5.74, 6) is -0.512. The van der Waals surface area contributed by atoms with Crippen LogP contribution < -0.4 is 5.43 Å². The lowest BCUT2D eigenvalue weighted by atomic mass is 10.1. The Labute approximate surface area is 145 Å². The molecule has 5 nitrogen and oxygen atoms in total. The van der Waals surface area contributed by atoms with Crippen LogP contribution in [-0.2, 0) is 0 Å². The number of hydrogen-bond donors (Lipinski definition) is 3. The fraction of sp³-hybridized carbons (Fsp3) is 0.100. The molecule has 3 N–H and O–H groups in total. The molecule has 0 spiro atoms. The van der Waals surface area contributed by atoms with Gasteiger partial charge in [-0.2, -0.15) is 5.10 Å². The highest BCUT2D eigenvalue weighted by molar-refractivity contribution is 6.05. The summed E-state index contributed by atoms with van der Waals surface area (Å²) < 4.78 is 0. The summed E-state index contributed by atoms with van der Waals surface area (Å²) in [6, 6.07) is 17.5. The average molecular weight is 334 g/mol. The second-order valence-electron chi connectivity index (χ2n) is 5.59. The number of phenols is 2. The van der Waals surface area contributed by atoms with Gasteiger partial charge in [-0.05, 0) is 41.5 Å². The lowest BCUT2D eigenvalue weighted by Gasteiger charge is -2.09. The second kappa shape index (κ2) is 7.05. The minimum absolute atomic E-state index is 0.103. The number of rotatable bonds is 4. The standard InChI is InChI=1S/C20H18N2O3/c1-2-17(15-9-5-6-10-18(15)23)21-22-20(25)16-11-13-7-3-4-8-14(13)12-19(16)24/h3-12,23-24H,2H2,1H3,(H,22,25)/b21-17+. The van der Waals surface area contributed by atoms with E-state index in [4.69, 9.17) is 0 Å². The zero-order valence-corrected chi connectivity index (χ0v) is 13.7. The van der Waals surface area contributed by atoms with Gasteiger partial charge in [-0.3, -0.25) is 4.79 Å². The van der Waals surface area contributed by atoms with Crippen LogP contribution in [0.4, 0.5) is 0 Å². The molecule has 3 aromatic rings. The van der Waals surface area contributed by atoms with E-state index in [0.29, 0.717) is 17.7 Å². The highest BCUT2D eigenvalue weighted by Crippen LogP contribution is 2.25. The molecular weight excluding hydrogens is 316 g/mol. The molecule has 3 rings (SSSR count). The Morgan fingerprint density at radius 1 is 0.920 bits per heavy atom. The molecule has 1 amide bonds. The maximum Gasteiger partial charge on any atom is 0.275 e. The van der Waals surface area contributed by atoms with Crippen LogP contribution in [0.1, 0.15) is 29.3 Å². The molecule has 0 fully saturated rings. The molecule has 126 valence electrons. The quantitative estimate of drug-likeness (QED) is 0.501. The van der Waals surface area contributed by atoms with Crippen LogP contribution in [-0.4, -0.2) is 21.8 Å². The molecule has 0 aliphatic carbocycles. The van der Waals surface area contributed by atoms with Crippen molar-refractivity contribution < 1.29 is 15.0 Å². The molecule has 5 heteroatoms. The number of carbonyl (C=O) groups is 1. The second-order valence-corrected chi connectivity index (χ2v) is 5.59. The summed E-state index contributed by atoms with van der Waals surface area (Å²) in [5.41, 5.74) is 3.72. The summed E-state index contributed by atoms with van der Waals surface area (Å²) in [5, 5.41) is 25.9. The van der Waals surface area contributed by atoms with Gasteiger partial charge in [-0.15, -0.1) is 0 Å². The number of carbonyl (C=O) groups excluding carboxylic acids is 1. The molecule has 0 saturated heterocycles. The summed E-state index contributed by atoms with van der Waals surface area (Å²) in [7, 11) is 0. The van der Waals surface area contributed by atoms with Gasteiger partial charge in [0, 0.05) is 5.56 Å². The predicted molar refractivity (Wildman–Crippen MR) is 98.0 cm³/mol. The summed E-state index contributed by atoms with van der Waals surface area (Å²) in [4.78, 5) is 12.4. The monoisotopic (exact) mass is 334 g/mol. The largest absolute Gasteiger partial charge is 0.507 e. The number of nitrogens with zero attached hydrogens (tertiary/aromatic N) is 1. The van der Waals surface area contributed by atoms with Crippen LogP contribution >= 0.6 is 0 Å². The van der Waals surface area contributed by atoms with Crippen molar-refractivity contribution in [2.75, 3.05) is 0 Å². The van der Waals surface area contributed by atoms with Gasteiger partial charge in [0.15, 0.2) is 0 Å². The van der Waals surface area contributed by atoms with E-state index >= 15 is 0 Å². The van der Waals surface area contributed by atoms with Gasteiger partial charge in [-0.1, -0.05) is 43.3 Å². The number of benzene rings is 3. The Hall–Kier alpha value is -3.34. The molecule has 0 unspecified atom stereocenters. The average Bonchev–Trinajstić information content (AvgIpc) is 2.62. The Kier molecular flexibility index (Phi) is 4.66. The van der Waals surface area contributed by atoms with Crippen molar-refractivity contribution >= 4 is 22.4 Å². The minimum atomic E-state index is -0.510. The number of hydrogen-bond acceptors (Lipinski definition) is 4. The lowest BCUT2D eigenvalue weighted by Crippen LogP contribution is -2.20. The summed E-state index contributed by atoms with van der Waals surface area (Å²) in [6.07, 6.45) is 0.529. The lowest BCUT2D eigenvalue weighted by molar-refractivity contribution is 0.0952. The zero-order chi connectivity index (χ0) is 17.8. The van der Waals surface area contributed by atoms with Crippen LogP contribution in [0.2, 0.25) is 0 Å². The molecule has 0 bridgehead atoms. The molecule has 0 aliphatic heterocycles. The fourth-order valence-corrected chi connectivity index (χ4v) is 2.64. The Balaban J connectivity index is 1.89. The van der Waals surface area contributed by atoms with Gasteiger partial charge in [0.2, 0.25) is 0 Å². The highest BCUT2D eigenvalue weighted by atomic mass is 16.3. The van der Waals surface area contributed by atoms with Gasteiger partial charge >= 0.3 is 0 Å². The summed E-state index contributed by atoms with van der Waals surface area (Å²) in [6.45, 7) is 1.88. The SMILES string of the molecule is CC/C(=N\NC(=O)c1cc2ccccc2cc1O)c1ccccc1O. The van der Waals surface area contributed by atoms with Crippen LogP contribution in [0.5, 0.6) is 11.5 Å². The van der Waals surface area contributed by atoms with Crippen molar-refractivity contribution in [3.8, 4) is 11.5 Å². The van der Waals surface area contributed by atoms with Crippen molar-refractivity contribution in [1.82, 2.24) is 5.43 Å². The number of fused-ring (bicyclic) bond motifs is 1. The van der Waals surface area contributed by atoms with E-state index in [9.17, 15) is 15.0 Å². The molecule has 0 atom stereocenters. The fourth-order valence-electron chi connectivity index (χ4n) is 2.64. The van der Waals surface area contributed by atoms with Gasteiger partial charge in [0.25, 0.3) is 5.91 Å². The molecule has 0 radical (unpaired) electrons. The number of phenolic OH excluding ortho intramolecular Hbond substituents is 2. The molecule has 0 heterocycles. The van der Waals surface area contributed by atoms with E-state index in [1.54, 1.807) is 36.4 Å². The first-order valence-corrected chi connectivity index (χ1v) is 7.97. The smallest absolute Gasteiger partial charge is 0.275 e. The third-order valence-electron chi connectivity index (χ3n) is 3.95. The maximum absolute atomic E-state index is 12.4. The van der Waals surface area contributed by atoms with E-state index < -0.39 is 5.91 Å². The van der Waals surface area contributed by atoms with Crippen LogP contribution in [0.15, 0.2) is 65.8 Å². The van der Waals surface area contributed by atoms with E-state index in [1.165, 1.54) is 0 Å². The summed E-state index contributed by atoms with van der Waals surface area (Å²) >= 11 is 0. The number of hydrazone groups is 1. The van der Waals surface area contributed by atoms with E-state index in [0.717, 1.165) is 10.8 Å². The Morgan fingerprint density at radius 3 is 2.24 bits per heavy atom. The van der Waals surface area contributed by atoms with E-state index in [-0.39, 0.29) is 17.1 Å². The van der Waals surface area contributed by atoms with Crippen molar-refractivity contribution in [2.45, 2.75) is 13.3 Å². The normalized spacial score (nSPS) is 11.5. The first kappa shape index (κ1) is 16.5. The molecule has 3 aromatic carbocycles. The predicted octanol–water partition coefficient (Wildman–Crippen LogP) is 3.80. The van der Waals surface area contributed by atoms with E-state index in [2.05, 4.69) is 10.5 Å². The third-order valence-corrected chi connectivity index (χ3v) is 3.95. The topological polar surface area (TPSA) is 81.9 Å². The Bertz CT molecular complexity index is 964. The molecule has 0 aromatic heterocycles. The van der Waals surface area contributed by atoms with Crippen molar-refractivity contribution in [3.05, 3.63) is 71.8 Å². The van der Waals surface area contributed by atoms with Crippen LogP contribution in [0.3, 0.4) is 0 Å². The number of para-hydroxylation sites is 1. The van der Waals surface area contributed by atoms with E-state index in [1.807, 2.05) is 31.2 Å². The third kappa shape index (κ3) is 3.45. The first-order valence-electron chi connectivity index (χ1n) is 7.97. The van der Waals surface area contributed by atoms with Crippen molar-refractivity contribution in [1.29, 1.82) is 0 Å².